The zero-order chi connectivity index (χ0) is 18.9. The van der Waals surface area contributed by atoms with Crippen molar-refractivity contribution in [2.45, 2.75) is 32.2 Å². The molecule has 0 fully saturated rings. The van der Waals surface area contributed by atoms with Crippen LogP contribution in [0.3, 0.4) is 0 Å². The van der Waals surface area contributed by atoms with Gasteiger partial charge in [0.15, 0.2) is 5.78 Å². The van der Waals surface area contributed by atoms with Gasteiger partial charge in [-0.05, 0) is 41.7 Å². The smallest absolute Gasteiger partial charge is 0.217 e. The number of nitrogens with one attached hydrogen (secondary N) is 1. The van der Waals surface area contributed by atoms with Gasteiger partial charge in [0.25, 0.3) is 0 Å². The minimum Gasteiger partial charge on any atom is -0.382 e. The van der Waals surface area contributed by atoms with Gasteiger partial charge in [-0.25, -0.2) is 4.39 Å². The number of ether oxygens (including phenoxy) is 1. The highest BCUT2D eigenvalue weighted by Gasteiger charge is 2.18. The average molecular weight is 357 g/mol. The van der Waals surface area contributed by atoms with E-state index in [1.54, 1.807) is 6.07 Å². The van der Waals surface area contributed by atoms with Gasteiger partial charge in [-0.15, -0.1) is 0 Å². The number of amides is 1. The molecule has 2 aromatic carbocycles. The normalized spacial score (nSPS) is 11.8. The van der Waals surface area contributed by atoms with Crippen LogP contribution in [-0.2, 0) is 27.2 Å². The van der Waals surface area contributed by atoms with Crippen molar-refractivity contribution in [1.29, 1.82) is 0 Å². The van der Waals surface area contributed by atoms with Gasteiger partial charge in [0.05, 0.1) is 6.61 Å². The average Bonchev–Trinajstić information content (AvgIpc) is 2.60. The summed E-state index contributed by atoms with van der Waals surface area (Å²) in [6, 6.07) is 13.9. The summed E-state index contributed by atoms with van der Waals surface area (Å²) in [4.78, 5) is 23.4. The van der Waals surface area contributed by atoms with Crippen LogP contribution in [0, 0.1) is 5.82 Å². The third kappa shape index (κ3) is 6.41. The van der Waals surface area contributed by atoms with E-state index in [1.165, 1.54) is 26.2 Å². The summed E-state index contributed by atoms with van der Waals surface area (Å²) in [5.41, 5.74) is 3.05. The van der Waals surface area contributed by atoms with Gasteiger partial charge in [0.1, 0.15) is 11.9 Å². The van der Waals surface area contributed by atoms with Crippen LogP contribution in [0.1, 0.15) is 30.0 Å². The second-order valence-electron chi connectivity index (χ2n) is 6.30. The Morgan fingerprint density at radius 1 is 1.08 bits per heavy atom. The molecule has 2 aromatic rings. The predicted octanol–water partition coefficient (Wildman–Crippen LogP) is 3.07. The van der Waals surface area contributed by atoms with E-state index in [2.05, 4.69) is 5.32 Å². The zero-order valence-electron chi connectivity index (χ0n) is 15.1. The molecule has 0 saturated carbocycles. The molecule has 0 saturated heterocycles. The Kier molecular flexibility index (Phi) is 7.48. The van der Waals surface area contributed by atoms with E-state index in [-0.39, 0.29) is 24.1 Å². The first-order chi connectivity index (χ1) is 12.5. The van der Waals surface area contributed by atoms with Crippen LogP contribution in [0.25, 0.3) is 0 Å². The van der Waals surface area contributed by atoms with E-state index < -0.39 is 6.04 Å². The monoisotopic (exact) mass is 357 g/mol. The first kappa shape index (κ1) is 19.8. The van der Waals surface area contributed by atoms with Crippen LogP contribution >= 0.6 is 0 Å². The van der Waals surface area contributed by atoms with Crippen molar-refractivity contribution < 1.29 is 18.7 Å². The molecule has 26 heavy (non-hydrogen) atoms. The minimum absolute atomic E-state index is 0.0501. The lowest BCUT2D eigenvalue weighted by Crippen LogP contribution is -2.43. The predicted molar refractivity (Wildman–Crippen MR) is 98.5 cm³/mol. The number of carbonyl (C=O) groups is 2. The lowest BCUT2D eigenvalue weighted by atomic mass is 10.00. The number of halogens is 1. The van der Waals surface area contributed by atoms with Crippen LogP contribution in [0.5, 0.6) is 0 Å². The summed E-state index contributed by atoms with van der Waals surface area (Å²) in [5.74, 6) is -0.532. The van der Waals surface area contributed by atoms with Crippen LogP contribution in [0.2, 0.25) is 0 Å². The van der Waals surface area contributed by atoms with E-state index in [0.717, 1.165) is 16.7 Å². The number of ketones is 1. The fourth-order valence-corrected chi connectivity index (χ4v) is 2.78. The van der Waals surface area contributed by atoms with Gasteiger partial charge in [-0.3, -0.25) is 9.59 Å². The number of hydrogen-bond donors (Lipinski definition) is 1. The van der Waals surface area contributed by atoms with E-state index in [4.69, 9.17) is 4.74 Å². The molecule has 138 valence electrons. The van der Waals surface area contributed by atoms with E-state index >= 15 is 0 Å². The number of methoxy groups -OCH3 is 1. The summed E-state index contributed by atoms with van der Waals surface area (Å²) in [6.07, 6.45) is 1.59. The van der Waals surface area contributed by atoms with Gasteiger partial charge in [-0.2, -0.15) is 0 Å². The molecule has 0 heterocycles. The molecule has 0 aliphatic heterocycles. The van der Waals surface area contributed by atoms with Gasteiger partial charge in [0.2, 0.25) is 5.91 Å². The minimum atomic E-state index is -0.607. The number of Topliss-reactive ketones (excluding diaryl/α,β-unsaturated/α-hetero) is 1. The van der Waals surface area contributed by atoms with Crippen molar-refractivity contribution in [2.24, 2.45) is 0 Å². The molecule has 1 atom stereocenters. The van der Waals surface area contributed by atoms with E-state index in [9.17, 15) is 14.0 Å². The molecule has 0 bridgehead atoms. The van der Waals surface area contributed by atoms with Crippen molar-refractivity contribution in [3.05, 3.63) is 71.0 Å². The number of rotatable bonds is 9. The molecule has 0 aromatic heterocycles. The SMILES string of the molecule is COC[C@@H](NC(C)=O)C(=O)CCc1ccc(Cc2cccc(F)c2)cc1. The van der Waals surface area contributed by atoms with Crippen LogP contribution in [-0.4, -0.2) is 31.4 Å². The van der Waals surface area contributed by atoms with Gasteiger partial charge >= 0.3 is 0 Å². The first-order valence-corrected chi connectivity index (χ1v) is 8.59. The molecule has 0 spiro atoms. The highest BCUT2D eigenvalue weighted by molar-refractivity contribution is 5.88. The topological polar surface area (TPSA) is 55.4 Å². The molecule has 0 aliphatic carbocycles. The summed E-state index contributed by atoms with van der Waals surface area (Å²) in [6.45, 7) is 1.55. The van der Waals surface area contributed by atoms with Crippen molar-refractivity contribution in [3.63, 3.8) is 0 Å². The summed E-state index contributed by atoms with van der Waals surface area (Å²) in [5, 5.41) is 2.61. The highest BCUT2D eigenvalue weighted by Crippen LogP contribution is 2.13. The zero-order valence-corrected chi connectivity index (χ0v) is 15.1. The molecule has 0 radical (unpaired) electrons. The van der Waals surface area contributed by atoms with Gasteiger partial charge in [-0.1, -0.05) is 36.4 Å². The highest BCUT2D eigenvalue weighted by atomic mass is 19.1. The molecule has 4 nitrogen and oxygen atoms in total. The molecule has 1 amide bonds. The third-order valence-electron chi connectivity index (χ3n) is 4.08. The second kappa shape index (κ2) is 9.82. The van der Waals surface area contributed by atoms with E-state index in [1.807, 2.05) is 30.3 Å². The molecule has 0 unspecified atom stereocenters. The fourth-order valence-electron chi connectivity index (χ4n) is 2.78. The first-order valence-electron chi connectivity index (χ1n) is 8.59. The largest absolute Gasteiger partial charge is 0.382 e. The Morgan fingerprint density at radius 3 is 2.38 bits per heavy atom. The number of carbonyl (C=O) groups excluding carboxylic acids is 2. The van der Waals surface area contributed by atoms with Gasteiger partial charge in [0, 0.05) is 20.5 Å². The molecule has 0 aliphatic rings. The summed E-state index contributed by atoms with van der Waals surface area (Å²) >= 11 is 0. The lowest BCUT2D eigenvalue weighted by molar-refractivity contribution is -0.128. The maximum Gasteiger partial charge on any atom is 0.217 e. The maximum atomic E-state index is 13.2. The Bertz CT molecular complexity index is 743. The maximum absolute atomic E-state index is 13.2. The van der Waals surface area contributed by atoms with Crippen LogP contribution < -0.4 is 5.32 Å². The molecule has 1 N–H and O–H groups in total. The molecule has 2 rings (SSSR count). The van der Waals surface area contributed by atoms with Crippen LogP contribution in [0.15, 0.2) is 48.5 Å². The molecule has 5 heteroatoms. The van der Waals surface area contributed by atoms with Crippen molar-refractivity contribution in [1.82, 2.24) is 5.32 Å². The Balaban J connectivity index is 1.90. The Morgan fingerprint density at radius 2 is 1.77 bits per heavy atom. The summed E-state index contributed by atoms with van der Waals surface area (Å²) < 4.78 is 18.2. The van der Waals surface area contributed by atoms with Crippen molar-refractivity contribution in [2.75, 3.05) is 13.7 Å². The lowest BCUT2D eigenvalue weighted by Gasteiger charge is -2.15. The van der Waals surface area contributed by atoms with Crippen molar-refractivity contribution in [3.8, 4) is 0 Å². The quantitative estimate of drug-likeness (QED) is 0.750. The number of aryl methyl sites for hydroxylation is 1. The third-order valence-corrected chi connectivity index (χ3v) is 4.08. The van der Waals surface area contributed by atoms with Crippen LogP contribution in [0.4, 0.5) is 4.39 Å². The Hall–Kier alpha value is -2.53. The number of benzene rings is 2. The van der Waals surface area contributed by atoms with Crippen molar-refractivity contribution >= 4 is 11.7 Å². The molecular weight excluding hydrogens is 333 g/mol. The van der Waals surface area contributed by atoms with Gasteiger partial charge < -0.3 is 10.1 Å². The van der Waals surface area contributed by atoms with E-state index in [0.29, 0.717) is 19.3 Å². The molecular formula is C21H24FNO3. The summed E-state index contributed by atoms with van der Waals surface area (Å²) in [7, 11) is 1.50. The Labute approximate surface area is 153 Å². The fraction of sp³-hybridized carbons (Fsp3) is 0.333. The number of hydrogen-bond acceptors (Lipinski definition) is 3. The second-order valence-corrected chi connectivity index (χ2v) is 6.30. The standard InChI is InChI=1S/C21H24FNO3/c1-15(24)23-20(14-26-2)21(25)11-10-16-6-8-17(9-7-16)12-18-4-3-5-19(22)13-18/h3-9,13,20H,10-12,14H2,1-2H3,(H,23,24)/t20-/m1/s1.